The average molecular weight is 205 g/mol. The summed E-state index contributed by atoms with van der Waals surface area (Å²) in [5, 5.41) is 0. The zero-order valence-electron chi connectivity index (χ0n) is 9.82. The van der Waals surface area contributed by atoms with Gasteiger partial charge in [-0.25, -0.2) is 9.97 Å². The summed E-state index contributed by atoms with van der Waals surface area (Å²) in [6.45, 7) is 6.40. The summed E-state index contributed by atoms with van der Waals surface area (Å²) in [7, 11) is 2.18. The van der Waals surface area contributed by atoms with Gasteiger partial charge in [0.2, 0.25) is 0 Å². The highest BCUT2D eigenvalue weighted by atomic mass is 15.1. The molecule has 2 heterocycles. The quantitative estimate of drug-likeness (QED) is 0.701. The Morgan fingerprint density at radius 2 is 1.93 bits per heavy atom. The molecule has 1 aliphatic heterocycles. The molecule has 0 N–H and O–H groups in total. The van der Waals surface area contributed by atoms with Crippen molar-refractivity contribution >= 4 is 0 Å². The molecule has 0 bridgehead atoms. The predicted molar refractivity (Wildman–Crippen MR) is 61.0 cm³/mol. The molecule has 15 heavy (non-hydrogen) atoms. The highest BCUT2D eigenvalue weighted by Crippen LogP contribution is 2.23. The molecule has 1 atom stereocenters. The largest absolute Gasteiger partial charge is 0.306 e. The fourth-order valence-corrected chi connectivity index (χ4v) is 2.31. The molecule has 2 rings (SSSR count). The van der Waals surface area contributed by atoms with E-state index >= 15 is 0 Å². The van der Waals surface area contributed by atoms with E-state index in [9.17, 15) is 0 Å². The van der Waals surface area contributed by atoms with Crippen molar-refractivity contribution in [3.8, 4) is 0 Å². The molecular weight excluding hydrogens is 186 g/mol. The average Bonchev–Trinajstić information content (AvgIpc) is 2.16. The molecule has 0 aliphatic carbocycles. The van der Waals surface area contributed by atoms with Crippen LogP contribution in [0.15, 0.2) is 6.07 Å². The van der Waals surface area contributed by atoms with Crippen LogP contribution < -0.4 is 0 Å². The number of nitrogens with zero attached hydrogens (tertiary/aromatic N) is 3. The monoisotopic (exact) mass is 205 g/mol. The van der Waals surface area contributed by atoms with E-state index in [1.54, 1.807) is 0 Å². The molecule has 0 amide bonds. The normalized spacial score (nSPS) is 23.0. The smallest absolute Gasteiger partial charge is 0.133 e. The number of aryl methyl sites for hydroxylation is 2. The van der Waals surface area contributed by atoms with Crippen LogP contribution in [0.1, 0.15) is 36.0 Å². The molecule has 3 nitrogen and oxygen atoms in total. The van der Waals surface area contributed by atoms with Crippen molar-refractivity contribution in [3.05, 3.63) is 23.3 Å². The predicted octanol–water partition coefficient (Wildman–Crippen LogP) is 1.90. The van der Waals surface area contributed by atoms with Crippen molar-refractivity contribution in [2.75, 3.05) is 20.1 Å². The minimum atomic E-state index is 0.530. The fourth-order valence-electron chi connectivity index (χ4n) is 2.31. The summed E-state index contributed by atoms with van der Waals surface area (Å²) >= 11 is 0. The van der Waals surface area contributed by atoms with Gasteiger partial charge in [-0.05, 0) is 46.3 Å². The van der Waals surface area contributed by atoms with E-state index in [0.29, 0.717) is 5.92 Å². The number of rotatable bonds is 1. The van der Waals surface area contributed by atoms with Crippen LogP contribution in [-0.2, 0) is 0 Å². The van der Waals surface area contributed by atoms with E-state index in [-0.39, 0.29) is 0 Å². The Balaban J connectivity index is 2.20. The Morgan fingerprint density at radius 1 is 1.27 bits per heavy atom. The van der Waals surface area contributed by atoms with Gasteiger partial charge in [0.1, 0.15) is 5.82 Å². The number of piperidine rings is 1. The van der Waals surface area contributed by atoms with E-state index in [0.717, 1.165) is 23.8 Å². The van der Waals surface area contributed by atoms with Crippen LogP contribution in [0.5, 0.6) is 0 Å². The highest BCUT2D eigenvalue weighted by molar-refractivity contribution is 5.11. The van der Waals surface area contributed by atoms with Crippen molar-refractivity contribution in [1.82, 2.24) is 14.9 Å². The number of hydrogen-bond acceptors (Lipinski definition) is 3. The van der Waals surface area contributed by atoms with E-state index in [1.807, 2.05) is 19.9 Å². The molecule has 1 saturated heterocycles. The minimum absolute atomic E-state index is 0.530. The lowest BCUT2D eigenvalue weighted by atomic mass is 9.97. The molecule has 0 radical (unpaired) electrons. The van der Waals surface area contributed by atoms with Gasteiger partial charge in [0, 0.05) is 23.9 Å². The van der Waals surface area contributed by atoms with Crippen LogP contribution >= 0.6 is 0 Å². The number of aromatic nitrogens is 2. The van der Waals surface area contributed by atoms with Gasteiger partial charge in [-0.3, -0.25) is 0 Å². The van der Waals surface area contributed by atoms with Crippen molar-refractivity contribution in [2.45, 2.75) is 32.6 Å². The Kier molecular flexibility index (Phi) is 3.00. The first-order chi connectivity index (χ1) is 7.15. The van der Waals surface area contributed by atoms with E-state index in [4.69, 9.17) is 0 Å². The van der Waals surface area contributed by atoms with E-state index in [1.165, 1.54) is 19.4 Å². The molecule has 1 aromatic heterocycles. The topological polar surface area (TPSA) is 29.0 Å². The zero-order valence-corrected chi connectivity index (χ0v) is 9.82. The third kappa shape index (κ3) is 2.53. The molecule has 0 saturated carbocycles. The summed E-state index contributed by atoms with van der Waals surface area (Å²) in [6.07, 6.45) is 2.49. The number of hydrogen-bond donors (Lipinski definition) is 0. The van der Waals surface area contributed by atoms with Gasteiger partial charge in [0.25, 0.3) is 0 Å². The maximum Gasteiger partial charge on any atom is 0.133 e. The van der Waals surface area contributed by atoms with Crippen molar-refractivity contribution in [2.24, 2.45) is 0 Å². The van der Waals surface area contributed by atoms with Crippen LogP contribution in [-0.4, -0.2) is 35.0 Å². The molecule has 3 heteroatoms. The standard InChI is InChI=1S/C12H19N3/c1-9-7-10(2)14-12(13-9)11-5-4-6-15(3)8-11/h7,11H,4-6,8H2,1-3H3. The summed E-state index contributed by atoms with van der Waals surface area (Å²) in [5.41, 5.74) is 2.18. The lowest BCUT2D eigenvalue weighted by molar-refractivity contribution is 0.245. The first kappa shape index (κ1) is 10.6. The molecule has 82 valence electrons. The molecule has 1 aromatic rings. The molecule has 1 aliphatic rings. The molecule has 0 aromatic carbocycles. The van der Waals surface area contributed by atoms with Crippen LogP contribution in [0, 0.1) is 13.8 Å². The van der Waals surface area contributed by atoms with Gasteiger partial charge in [-0.2, -0.15) is 0 Å². The maximum absolute atomic E-state index is 4.55. The van der Waals surface area contributed by atoms with Crippen molar-refractivity contribution in [1.29, 1.82) is 0 Å². The molecule has 1 unspecified atom stereocenters. The first-order valence-corrected chi connectivity index (χ1v) is 5.66. The van der Waals surface area contributed by atoms with Gasteiger partial charge in [-0.15, -0.1) is 0 Å². The number of likely N-dealkylation sites (tertiary alicyclic amines) is 1. The zero-order chi connectivity index (χ0) is 10.8. The third-order valence-electron chi connectivity index (χ3n) is 2.99. The van der Waals surface area contributed by atoms with Gasteiger partial charge >= 0.3 is 0 Å². The minimum Gasteiger partial charge on any atom is -0.306 e. The summed E-state index contributed by atoms with van der Waals surface area (Å²) < 4.78 is 0. The van der Waals surface area contributed by atoms with Gasteiger partial charge < -0.3 is 4.90 Å². The molecule has 1 fully saturated rings. The first-order valence-electron chi connectivity index (χ1n) is 5.66. The van der Waals surface area contributed by atoms with E-state index < -0.39 is 0 Å². The second-order valence-electron chi connectivity index (χ2n) is 4.61. The van der Waals surface area contributed by atoms with E-state index in [2.05, 4.69) is 21.9 Å². The van der Waals surface area contributed by atoms with Crippen LogP contribution in [0.3, 0.4) is 0 Å². The Bertz CT molecular complexity index is 328. The Morgan fingerprint density at radius 3 is 2.53 bits per heavy atom. The van der Waals surface area contributed by atoms with Crippen LogP contribution in [0.2, 0.25) is 0 Å². The number of likely N-dealkylation sites (N-methyl/N-ethyl adjacent to an activating group) is 1. The lowest BCUT2D eigenvalue weighted by Crippen LogP contribution is -2.31. The lowest BCUT2D eigenvalue weighted by Gasteiger charge is -2.28. The Labute approximate surface area is 91.5 Å². The second kappa shape index (κ2) is 4.27. The highest BCUT2D eigenvalue weighted by Gasteiger charge is 2.21. The van der Waals surface area contributed by atoms with Crippen LogP contribution in [0.4, 0.5) is 0 Å². The molecule has 0 spiro atoms. The fraction of sp³-hybridized carbons (Fsp3) is 0.667. The summed E-state index contributed by atoms with van der Waals surface area (Å²) in [6, 6.07) is 2.04. The summed E-state index contributed by atoms with van der Waals surface area (Å²) in [5.74, 6) is 1.57. The second-order valence-corrected chi connectivity index (χ2v) is 4.61. The van der Waals surface area contributed by atoms with Gasteiger partial charge in [0.15, 0.2) is 0 Å². The van der Waals surface area contributed by atoms with Crippen LogP contribution in [0.25, 0.3) is 0 Å². The summed E-state index contributed by atoms with van der Waals surface area (Å²) in [4.78, 5) is 11.5. The Hall–Kier alpha value is -0.960. The van der Waals surface area contributed by atoms with Gasteiger partial charge in [-0.1, -0.05) is 0 Å². The maximum atomic E-state index is 4.55. The SMILES string of the molecule is Cc1cc(C)nc(C2CCCN(C)C2)n1. The van der Waals surface area contributed by atoms with Crippen molar-refractivity contribution in [3.63, 3.8) is 0 Å². The third-order valence-corrected chi connectivity index (χ3v) is 2.99. The van der Waals surface area contributed by atoms with Crippen molar-refractivity contribution < 1.29 is 0 Å². The van der Waals surface area contributed by atoms with Gasteiger partial charge in [0.05, 0.1) is 0 Å². The molecular formula is C12H19N3.